The van der Waals surface area contributed by atoms with Crippen molar-refractivity contribution >= 4 is 24.4 Å². The third-order valence-electron chi connectivity index (χ3n) is 16.9. The van der Waals surface area contributed by atoms with E-state index in [0.717, 1.165) is 51.4 Å². The number of amides is 4. The van der Waals surface area contributed by atoms with Gasteiger partial charge in [0.15, 0.2) is 0 Å². The Labute approximate surface area is 479 Å². The van der Waals surface area contributed by atoms with E-state index in [-0.39, 0.29) is 26.4 Å². The molecule has 448 valence electrons. The van der Waals surface area contributed by atoms with Crippen LogP contribution in [0.25, 0.3) is 0 Å². The van der Waals surface area contributed by atoms with Crippen LogP contribution in [-0.2, 0) is 56.8 Å². The maximum absolute atomic E-state index is 12.3. The quantitative estimate of drug-likeness (QED) is 0.0349. The molecule has 8 atom stereocenters. The van der Waals surface area contributed by atoms with Gasteiger partial charge < -0.3 is 78.1 Å². The monoisotopic (exact) mass is 1130 g/mol. The van der Waals surface area contributed by atoms with Gasteiger partial charge in [0.05, 0.1) is 111 Å². The average molecular weight is 1130 g/mol. The second-order valence-electron chi connectivity index (χ2n) is 22.7. The molecule has 0 aromatic carbocycles. The highest BCUT2D eigenvalue weighted by atomic mass is 16.6. The van der Waals surface area contributed by atoms with Gasteiger partial charge in [0.1, 0.15) is 0 Å². The van der Waals surface area contributed by atoms with E-state index in [9.17, 15) is 19.2 Å². The van der Waals surface area contributed by atoms with Crippen molar-refractivity contribution in [1.82, 2.24) is 21.3 Å². The van der Waals surface area contributed by atoms with Crippen molar-refractivity contribution in [3.63, 3.8) is 0 Å². The largest absolute Gasteiger partial charge is 0.449 e. The Balaban J connectivity index is 0.715. The van der Waals surface area contributed by atoms with Crippen LogP contribution >= 0.6 is 0 Å². The predicted molar refractivity (Wildman–Crippen MR) is 295 cm³/mol. The lowest BCUT2D eigenvalue weighted by atomic mass is 9.92. The standard InChI is InChI=1S/C61H88N4O16/c66-57(78-37-53-45-13-1-2-14-46(45)53)62-21-9-25-70-29-33-74-41-61(42-75-34-30-71-26-10-22-63-58(67)79-38-54-47-15-3-4-16-48(47)54,43-76-35-31-72-27-11-23-64-59(68)80-39-55-49-17-5-6-18-50(49)55)44-77-36-32-73-28-12-24-65-60(69)81-40-56-51-19-7-8-20-52(51)56/h45-56H,9-44H2,(H,62,66)(H,63,67)(H,64,68)(H,65,69). The molecule has 8 aliphatic rings. The second kappa shape index (κ2) is 34.6. The zero-order valence-electron chi connectivity index (χ0n) is 47.4. The first-order chi connectivity index (χ1) is 39.9. The minimum Gasteiger partial charge on any atom is -0.449 e. The molecule has 20 heteroatoms. The molecule has 81 heavy (non-hydrogen) atoms. The summed E-state index contributed by atoms with van der Waals surface area (Å²) in [4.78, 5) is 49.1. The van der Waals surface area contributed by atoms with Gasteiger partial charge in [-0.15, -0.1) is 47.4 Å². The summed E-state index contributed by atoms with van der Waals surface area (Å²) in [5.74, 6) is 31.5. The molecular formula is C61H88N4O16. The molecule has 4 saturated carbocycles. The third kappa shape index (κ3) is 21.9. The maximum Gasteiger partial charge on any atom is 0.407 e. The first-order valence-corrected chi connectivity index (χ1v) is 30.0. The van der Waals surface area contributed by atoms with Crippen LogP contribution in [0.5, 0.6) is 0 Å². The number of rotatable bonds is 44. The summed E-state index contributed by atoms with van der Waals surface area (Å²) < 4.78 is 70.2. The summed E-state index contributed by atoms with van der Waals surface area (Å²) in [6, 6.07) is 0. The van der Waals surface area contributed by atoms with E-state index in [2.05, 4.69) is 68.6 Å². The highest BCUT2D eigenvalue weighted by Crippen LogP contribution is 2.54. The van der Waals surface area contributed by atoms with Crippen LogP contribution in [0.1, 0.15) is 77.0 Å². The molecule has 4 fully saturated rings. The van der Waals surface area contributed by atoms with Gasteiger partial charge in [-0.25, -0.2) is 19.2 Å². The second-order valence-corrected chi connectivity index (χ2v) is 22.7. The Bertz CT molecular complexity index is 1870. The average Bonchev–Trinajstić information content (AvgIpc) is 4.45. The number of carbonyl (C=O) groups excluding carboxylic acids is 4. The fourth-order valence-corrected chi connectivity index (χ4v) is 11.7. The van der Waals surface area contributed by atoms with Crippen LogP contribution in [0.4, 0.5) is 19.2 Å². The van der Waals surface area contributed by atoms with Crippen LogP contribution in [0.3, 0.4) is 0 Å². The molecule has 0 spiro atoms. The van der Waals surface area contributed by atoms with Gasteiger partial charge >= 0.3 is 24.4 Å². The number of fused-ring (bicyclic) bond motifs is 4. The van der Waals surface area contributed by atoms with Crippen LogP contribution in [0.2, 0.25) is 0 Å². The van der Waals surface area contributed by atoms with Crippen LogP contribution in [-0.4, -0.2) is 183 Å². The zero-order valence-corrected chi connectivity index (χ0v) is 47.4. The molecule has 0 saturated heterocycles. The molecule has 0 aromatic rings. The summed E-state index contributed by atoms with van der Waals surface area (Å²) in [6.07, 6.45) is 8.04. The summed E-state index contributed by atoms with van der Waals surface area (Å²) in [6.45, 7) is 8.64. The van der Waals surface area contributed by atoms with E-state index in [0.29, 0.717) is 229 Å². The summed E-state index contributed by atoms with van der Waals surface area (Å²) in [5, 5.41) is 11.2. The summed E-state index contributed by atoms with van der Waals surface area (Å²) >= 11 is 0. The topological polar surface area (TPSA) is 227 Å². The van der Waals surface area contributed by atoms with Crippen molar-refractivity contribution in [3.8, 4) is 47.4 Å². The lowest BCUT2D eigenvalue weighted by Gasteiger charge is -2.33. The number of hydrogen-bond acceptors (Lipinski definition) is 16. The normalized spacial score (nSPS) is 27.5. The molecule has 8 aliphatic carbocycles. The smallest absolute Gasteiger partial charge is 0.407 e. The van der Waals surface area contributed by atoms with Crippen molar-refractivity contribution in [2.45, 2.75) is 77.0 Å². The Kier molecular flexibility index (Phi) is 26.5. The Morgan fingerprint density at radius 2 is 0.494 bits per heavy atom. The Morgan fingerprint density at radius 3 is 0.704 bits per heavy atom. The van der Waals surface area contributed by atoms with Crippen LogP contribution in [0.15, 0.2) is 0 Å². The van der Waals surface area contributed by atoms with Gasteiger partial charge in [0, 0.05) is 128 Å². The molecule has 0 heterocycles. The van der Waals surface area contributed by atoms with E-state index < -0.39 is 29.8 Å². The van der Waals surface area contributed by atoms with Crippen molar-refractivity contribution in [2.75, 3.05) is 158 Å². The minimum absolute atomic E-state index is 0.230. The molecule has 0 radical (unpaired) electrons. The number of ether oxygens (including phenoxy) is 12. The molecule has 8 rings (SSSR count). The first kappa shape index (κ1) is 62.1. The minimum atomic E-state index is -0.740. The molecule has 0 bridgehead atoms. The van der Waals surface area contributed by atoms with Gasteiger partial charge in [-0.2, -0.15) is 0 Å². The Hall–Kier alpha value is -5.00. The van der Waals surface area contributed by atoms with Crippen LogP contribution < -0.4 is 21.3 Å². The van der Waals surface area contributed by atoms with E-state index in [4.69, 9.17) is 56.8 Å². The fraction of sp³-hybridized carbons (Fsp3) is 0.803. The lowest BCUT2D eigenvalue weighted by Crippen LogP contribution is -2.43. The zero-order chi connectivity index (χ0) is 56.2. The van der Waals surface area contributed by atoms with Crippen molar-refractivity contribution in [1.29, 1.82) is 0 Å². The molecule has 20 nitrogen and oxygen atoms in total. The number of hydrogen-bond donors (Lipinski definition) is 4. The first-order valence-electron chi connectivity index (χ1n) is 30.0. The van der Waals surface area contributed by atoms with Crippen molar-refractivity contribution < 1.29 is 76.0 Å². The molecular weight excluding hydrogens is 1040 g/mol. The lowest BCUT2D eigenvalue weighted by molar-refractivity contribution is -0.121. The Morgan fingerprint density at radius 1 is 0.296 bits per heavy atom. The molecule has 4 amide bonds. The predicted octanol–water partition coefficient (Wildman–Crippen LogP) is 5.21. The summed E-state index contributed by atoms with van der Waals surface area (Å²) in [5.41, 5.74) is -0.740. The number of nitrogens with one attached hydrogen (secondary N) is 4. The maximum atomic E-state index is 12.3. The van der Waals surface area contributed by atoms with Crippen LogP contribution in [0, 0.1) is 124 Å². The molecule has 0 aromatic heterocycles. The SMILES string of the molecule is O=C(NCCCOCCOCC(COCCOCCCNC(=O)OCC1C2CC#CCC21)(COCCOCCCNC(=O)OCC1C2CC#CCC21)COCCOCCCNC(=O)OCC1C2CC#CCC21)OCC1C2CC#CCC21. The number of carbonyl (C=O) groups is 4. The van der Waals surface area contributed by atoms with E-state index in [1.54, 1.807) is 0 Å². The molecule has 4 N–H and O–H groups in total. The van der Waals surface area contributed by atoms with E-state index in [1.165, 1.54) is 0 Å². The van der Waals surface area contributed by atoms with Gasteiger partial charge in [-0.3, -0.25) is 0 Å². The van der Waals surface area contributed by atoms with E-state index >= 15 is 0 Å². The highest BCUT2D eigenvalue weighted by molar-refractivity contribution is 5.68. The fourth-order valence-electron chi connectivity index (χ4n) is 11.7. The third-order valence-corrected chi connectivity index (χ3v) is 16.9. The number of alkyl carbamates (subject to hydrolysis) is 4. The molecule has 8 unspecified atom stereocenters. The highest BCUT2D eigenvalue weighted by Gasteiger charge is 2.52. The van der Waals surface area contributed by atoms with Gasteiger partial charge in [0.25, 0.3) is 0 Å². The van der Waals surface area contributed by atoms with Gasteiger partial charge in [0.2, 0.25) is 0 Å². The van der Waals surface area contributed by atoms with Crippen molar-refractivity contribution in [2.24, 2.45) is 76.4 Å². The van der Waals surface area contributed by atoms with E-state index in [1.807, 2.05) is 0 Å². The summed E-state index contributed by atoms with van der Waals surface area (Å²) in [7, 11) is 0. The molecule has 0 aliphatic heterocycles. The van der Waals surface area contributed by atoms with Crippen molar-refractivity contribution in [3.05, 3.63) is 0 Å². The van der Waals surface area contributed by atoms with Gasteiger partial charge in [-0.05, 0) is 73.0 Å². The van der Waals surface area contributed by atoms with Gasteiger partial charge in [-0.1, -0.05) is 0 Å².